The summed E-state index contributed by atoms with van der Waals surface area (Å²) in [7, 11) is 1.89. The SMILES string of the molecule is Cc1ccc(C#N)c(N(C)CC2(O)CCN(Cc3ccccc3)C2)n1. The topological polar surface area (TPSA) is 63.4 Å². The fourth-order valence-electron chi connectivity index (χ4n) is 3.48. The number of benzene rings is 1. The molecule has 5 nitrogen and oxygen atoms in total. The first-order chi connectivity index (χ1) is 12.0. The first-order valence-electron chi connectivity index (χ1n) is 8.57. The maximum atomic E-state index is 11.0. The zero-order valence-corrected chi connectivity index (χ0v) is 14.8. The molecular weight excluding hydrogens is 312 g/mol. The molecule has 1 saturated heterocycles. The van der Waals surface area contributed by atoms with E-state index < -0.39 is 5.60 Å². The Kier molecular flexibility index (Phi) is 5.03. The number of hydrogen-bond donors (Lipinski definition) is 1. The van der Waals surface area contributed by atoms with Crippen LogP contribution in [0.15, 0.2) is 42.5 Å². The average Bonchev–Trinajstić information content (AvgIpc) is 2.96. The molecule has 1 atom stereocenters. The van der Waals surface area contributed by atoms with E-state index in [1.165, 1.54) is 5.56 Å². The number of likely N-dealkylation sites (N-methyl/N-ethyl adjacent to an activating group) is 1. The van der Waals surface area contributed by atoms with Gasteiger partial charge in [-0.1, -0.05) is 30.3 Å². The minimum Gasteiger partial charge on any atom is -0.387 e. The van der Waals surface area contributed by atoms with Gasteiger partial charge in [-0.15, -0.1) is 0 Å². The zero-order chi connectivity index (χ0) is 17.9. The van der Waals surface area contributed by atoms with Gasteiger partial charge in [0.25, 0.3) is 0 Å². The molecule has 0 bridgehead atoms. The Morgan fingerprint density at radius 3 is 2.76 bits per heavy atom. The highest BCUT2D eigenvalue weighted by Crippen LogP contribution is 2.26. The highest BCUT2D eigenvalue weighted by atomic mass is 16.3. The first-order valence-corrected chi connectivity index (χ1v) is 8.57. The number of hydrogen-bond acceptors (Lipinski definition) is 5. The molecule has 1 aliphatic rings. The van der Waals surface area contributed by atoms with E-state index >= 15 is 0 Å². The van der Waals surface area contributed by atoms with Gasteiger partial charge < -0.3 is 10.0 Å². The molecular formula is C20H24N4O. The van der Waals surface area contributed by atoms with E-state index in [0.29, 0.717) is 24.5 Å². The molecule has 5 heteroatoms. The van der Waals surface area contributed by atoms with Gasteiger partial charge in [0.1, 0.15) is 11.9 Å². The molecule has 130 valence electrons. The maximum Gasteiger partial charge on any atom is 0.146 e. The van der Waals surface area contributed by atoms with Crippen molar-refractivity contribution < 1.29 is 5.11 Å². The lowest BCUT2D eigenvalue weighted by Crippen LogP contribution is -2.44. The van der Waals surface area contributed by atoms with E-state index in [2.05, 4.69) is 28.1 Å². The van der Waals surface area contributed by atoms with E-state index in [4.69, 9.17) is 0 Å². The van der Waals surface area contributed by atoms with Crippen molar-refractivity contribution in [3.8, 4) is 6.07 Å². The van der Waals surface area contributed by atoms with Crippen molar-refractivity contribution in [1.29, 1.82) is 5.26 Å². The standard InChI is InChI=1S/C20H24N4O/c1-16-8-9-18(12-21)19(22-16)23(2)14-20(25)10-11-24(15-20)13-17-6-4-3-5-7-17/h3-9,25H,10-11,13-15H2,1-2H3. The molecule has 0 aliphatic carbocycles. The second-order valence-electron chi connectivity index (χ2n) is 6.96. The molecule has 0 saturated carbocycles. The van der Waals surface area contributed by atoms with Crippen LogP contribution >= 0.6 is 0 Å². The number of nitrogens with zero attached hydrogens (tertiary/aromatic N) is 4. The van der Waals surface area contributed by atoms with Crippen LogP contribution in [0, 0.1) is 18.3 Å². The third kappa shape index (κ3) is 4.16. The fraction of sp³-hybridized carbons (Fsp3) is 0.400. The van der Waals surface area contributed by atoms with Crippen LogP contribution < -0.4 is 4.90 Å². The summed E-state index contributed by atoms with van der Waals surface area (Å²) in [5.74, 6) is 0.637. The quantitative estimate of drug-likeness (QED) is 0.908. The van der Waals surface area contributed by atoms with Gasteiger partial charge in [0.05, 0.1) is 11.2 Å². The van der Waals surface area contributed by atoms with Crippen LogP contribution in [0.1, 0.15) is 23.2 Å². The number of aryl methyl sites for hydroxylation is 1. The molecule has 1 fully saturated rings. The molecule has 2 heterocycles. The van der Waals surface area contributed by atoms with Gasteiger partial charge in [0, 0.05) is 38.9 Å². The smallest absolute Gasteiger partial charge is 0.146 e. The highest BCUT2D eigenvalue weighted by Gasteiger charge is 2.37. The molecule has 1 unspecified atom stereocenters. The van der Waals surface area contributed by atoms with Crippen LogP contribution in [0.2, 0.25) is 0 Å². The van der Waals surface area contributed by atoms with E-state index in [1.54, 1.807) is 6.07 Å². The van der Waals surface area contributed by atoms with Crippen molar-refractivity contribution in [1.82, 2.24) is 9.88 Å². The molecule has 1 aromatic carbocycles. The summed E-state index contributed by atoms with van der Waals surface area (Å²) in [5.41, 5.74) is 1.87. The van der Waals surface area contributed by atoms with Crippen LogP contribution in [0.4, 0.5) is 5.82 Å². The van der Waals surface area contributed by atoms with E-state index in [-0.39, 0.29) is 0 Å². The number of nitriles is 1. The predicted molar refractivity (Wildman–Crippen MR) is 98.2 cm³/mol. The van der Waals surface area contributed by atoms with Crippen molar-refractivity contribution in [2.24, 2.45) is 0 Å². The first kappa shape index (κ1) is 17.4. The molecule has 2 aromatic rings. The molecule has 1 N–H and O–H groups in total. The molecule has 25 heavy (non-hydrogen) atoms. The van der Waals surface area contributed by atoms with Gasteiger partial charge in [-0.05, 0) is 31.0 Å². The molecule has 1 aliphatic heterocycles. The van der Waals surface area contributed by atoms with Crippen LogP contribution in [0.25, 0.3) is 0 Å². The van der Waals surface area contributed by atoms with Gasteiger partial charge in [0.2, 0.25) is 0 Å². The Bertz CT molecular complexity index is 771. The molecule has 0 amide bonds. The van der Waals surface area contributed by atoms with Gasteiger partial charge in [-0.25, -0.2) is 4.98 Å². The van der Waals surface area contributed by atoms with Crippen LogP contribution in [0.5, 0.6) is 0 Å². The van der Waals surface area contributed by atoms with Gasteiger partial charge in [-0.3, -0.25) is 4.90 Å². The largest absolute Gasteiger partial charge is 0.387 e. The van der Waals surface area contributed by atoms with Crippen molar-refractivity contribution >= 4 is 5.82 Å². The van der Waals surface area contributed by atoms with E-state index in [0.717, 1.165) is 25.2 Å². The predicted octanol–water partition coefficient (Wildman–Crippen LogP) is 2.33. The van der Waals surface area contributed by atoms with Crippen molar-refractivity contribution in [2.75, 3.05) is 31.6 Å². The minimum absolute atomic E-state index is 0.462. The average molecular weight is 336 g/mol. The number of likely N-dealkylation sites (tertiary alicyclic amines) is 1. The monoisotopic (exact) mass is 336 g/mol. The Labute approximate surface area is 149 Å². The maximum absolute atomic E-state index is 11.0. The molecule has 0 radical (unpaired) electrons. The summed E-state index contributed by atoms with van der Waals surface area (Å²) >= 11 is 0. The lowest BCUT2D eigenvalue weighted by atomic mass is 10.0. The summed E-state index contributed by atoms with van der Waals surface area (Å²) in [6.45, 7) is 4.71. The van der Waals surface area contributed by atoms with Crippen molar-refractivity contribution in [3.05, 3.63) is 59.3 Å². The summed E-state index contributed by atoms with van der Waals surface area (Å²) in [6, 6.07) is 16.1. The molecule has 1 aromatic heterocycles. The number of β-amino-alcohol motifs (C(OH)–C–C–N with tert-alkyl or cyclic N) is 1. The van der Waals surface area contributed by atoms with Crippen LogP contribution in [-0.2, 0) is 6.54 Å². The Morgan fingerprint density at radius 1 is 1.28 bits per heavy atom. The summed E-state index contributed by atoms with van der Waals surface area (Å²) in [5, 5.41) is 20.3. The number of pyridine rings is 1. The lowest BCUT2D eigenvalue weighted by Gasteiger charge is -2.30. The number of aromatic nitrogens is 1. The third-order valence-corrected chi connectivity index (χ3v) is 4.69. The van der Waals surface area contributed by atoms with Gasteiger partial charge >= 0.3 is 0 Å². The number of aliphatic hydroxyl groups is 1. The summed E-state index contributed by atoms with van der Waals surface area (Å²) in [4.78, 5) is 8.66. The number of rotatable bonds is 5. The normalized spacial score (nSPS) is 20.4. The molecule has 3 rings (SSSR count). The van der Waals surface area contributed by atoms with Crippen LogP contribution in [-0.4, -0.2) is 47.3 Å². The zero-order valence-electron chi connectivity index (χ0n) is 14.8. The number of anilines is 1. The second-order valence-corrected chi connectivity index (χ2v) is 6.96. The fourth-order valence-corrected chi connectivity index (χ4v) is 3.48. The molecule has 0 spiro atoms. The third-order valence-electron chi connectivity index (χ3n) is 4.69. The second kappa shape index (κ2) is 7.22. The Hall–Kier alpha value is -2.42. The van der Waals surface area contributed by atoms with Crippen molar-refractivity contribution in [3.63, 3.8) is 0 Å². The summed E-state index contributed by atoms with van der Waals surface area (Å²) < 4.78 is 0. The van der Waals surface area contributed by atoms with E-state index in [1.807, 2.05) is 43.1 Å². The van der Waals surface area contributed by atoms with Gasteiger partial charge in [-0.2, -0.15) is 5.26 Å². The summed E-state index contributed by atoms with van der Waals surface area (Å²) in [6.07, 6.45) is 0.720. The van der Waals surface area contributed by atoms with E-state index in [9.17, 15) is 10.4 Å². The Morgan fingerprint density at radius 2 is 2.04 bits per heavy atom. The lowest BCUT2D eigenvalue weighted by molar-refractivity contribution is 0.0561. The Balaban J connectivity index is 1.67. The minimum atomic E-state index is -0.790. The van der Waals surface area contributed by atoms with Crippen LogP contribution in [0.3, 0.4) is 0 Å². The van der Waals surface area contributed by atoms with Gasteiger partial charge in [0.15, 0.2) is 0 Å². The van der Waals surface area contributed by atoms with Crippen molar-refractivity contribution in [2.45, 2.75) is 25.5 Å². The highest BCUT2D eigenvalue weighted by molar-refractivity contribution is 5.54.